The number of hydrogen-bond acceptors (Lipinski definition) is 4. The molecule has 1 aromatic carbocycles. The van der Waals surface area contributed by atoms with Gasteiger partial charge in [0.15, 0.2) is 0 Å². The summed E-state index contributed by atoms with van der Waals surface area (Å²) < 4.78 is 10.0. The molecule has 1 aliphatic rings. The van der Waals surface area contributed by atoms with Crippen molar-refractivity contribution in [3.8, 4) is 0 Å². The number of methoxy groups -OCH3 is 1. The van der Waals surface area contributed by atoms with Crippen LogP contribution in [0.25, 0.3) is 0 Å². The largest absolute Gasteiger partial charge is 0.453 e. The highest BCUT2D eigenvalue weighted by atomic mass is 16.6. The SMILES string of the molecule is COC(=O)NC(C(=O)NC(Cc1ccccc1)C1CO1)C(C)(C)C. The van der Waals surface area contributed by atoms with Crippen LogP contribution in [0.1, 0.15) is 26.3 Å². The summed E-state index contributed by atoms with van der Waals surface area (Å²) in [5, 5.41) is 5.65. The maximum absolute atomic E-state index is 12.7. The number of carbonyl (C=O) groups is 2. The summed E-state index contributed by atoms with van der Waals surface area (Å²) in [7, 11) is 1.28. The highest BCUT2D eigenvalue weighted by molar-refractivity contribution is 5.86. The second-order valence-corrected chi connectivity index (χ2v) is 7.11. The molecular formula is C18H26N2O4. The van der Waals surface area contributed by atoms with Gasteiger partial charge in [0.25, 0.3) is 0 Å². The Labute approximate surface area is 142 Å². The minimum Gasteiger partial charge on any atom is -0.453 e. The zero-order chi connectivity index (χ0) is 17.7. The first-order valence-corrected chi connectivity index (χ1v) is 8.11. The number of epoxide rings is 1. The second-order valence-electron chi connectivity index (χ2n) is 7.11. The summed E-state index contributed by atoms with van der Waals surface area (Å²) in [6.07, 6.45) is 0.0899. The van der Waals surface area contributed by atoms with Crippen molar-refractivity contribution in [1.29, 1.82) is 0 Å². The molecule has 1 aromatic rings. The van der Waals surface area contributed by atoms with Crippen molar-refractivity contribution in [2.75, 3.05) is 13.7 Å². The molecular weight excluding hydrogens is 308 g/mol. The lowest BCUT2D eigenvalue weighted by atomic mass is 9.86. The third kappa shape index (κ3) is 5.23. The molecule has 0 aliphatic carbocycles. The fraction of sp³-hybridized carbons (Fsp3) is 0.556. The average molecular weight is 334 g/mol. The summed E-state index contributed by atoms with van der Waals surface area (Å²) >= 11 is 0. The van der Waals surface area contributed by atoms with Crippen LogP contribution in [0, 0.1) is 5.41 Å². The van der Waals surface area contributed by atoms with E-state index in [1.165, 1.54) is 7.11 Å². The quantitative estimate of drug-likeness (QED) is 0.779. The van der Waals surface area contributed by atoms with Gasteiger partial charge in [-0.2, -0.15) is 0 Å². The molecule has 3 unspecified atom stereocenters. The van der Waals surface area contributed by atoms with Gasteiger partial charge in [-0.25, -0.2) is 4.79 Å². The van der Waals surface area contributed by atoms with E-state index in [2.05, 4.69) is 15.4 Å². The molecule has 24 heavy (non-hydrogen) atoms. The topological polar surface area (TPSA) is 80.0 Å². The Hall–Kier alpha value is -2.08. The van der Waals surface area contributed by atoms with Gasteiger partial charge in [0.2, 0.25) is 5.91 Å². The van der Waals surface area contributed by atoms with Crippen LogP contribution in [-0.2, 0) is 20.7 Å². The maximum Gasteiger partial charge on any atom is 0.407 e. The highest BCUT2D eigenvalue weighted by Crippen LogP contribution is 2.22. The molecule has 132 valence electrons. The number of amides is 2. The van der Waals surface area contributed by atoms with Gasteiger partial charge in [0.1, 0.15) is 12.1 Å². The Bertz CT molecular complexity index is 564. The van der Waals surface area contributed by atoms with Crippen molar-refractivity contribution >= 4 is 12.0 Å². The smallest absolute Gasteiger partial charge is 0.407 e. The van der Waals surface area contributed by atoms with Crippen LogP contribution in [0.2, 0.25) is 0 Å². The maximum atomic E-state index is 12.7. The van der Waals surface area contributed by atoms with Crippen molar-refractivity contribution in [2.45, 2.75) is 45.4 Å². The van der Waals surface area contributed by atoms with E-state index in [9.17, 15) is 9.59 Å². The fourth-order valence-corrected chi connectivity index (χ4v) is 2.55. The molecule has 6 nitrogen and oxygen atoms in total. The molecule has 1 heterocycles. The number of ether oxygens (including phenoxy) is 2. The number of nitrogens with one attached hydrogen (secondary N) is 2. The normalized spacial score (nSPS) is 19.1. The molecule has 3 atom stereocenters. The molecule has 0 saturated carbocycles. The third-order valence-electron chi connectivity index (χ3n) is 4.01. The first-order chi connectivity index (χ1) is 11.3. The predicted octanol–water partition coefficient (Wildman–Crippen LogP) is 1.88. The number of alkyl carbamates (subject to hydrolysis) is 1. The summed E-state index contributed by atoms with van der Waals surface area (Å²) in [5.74, 6) is -0.232. The summed E-state index contributed by atoms with van der Waals surface area (Å²) in [6.45, 7) is 6.33. The van der Waals surface area contributed by atoms with Crippen LogP contribution in [0.3, 0.4) is 0 Å². The summed E-state index contributed by atoms with van der Waals surface area (Å²) in [5.41, 5.74) is 0.687. The van der Waals surface area contributed by atoms with E-state index in [1.807, 2.05) is 51.1 Å². The van der Waals surface area contributed by atoms with Gasteiger partial charge in [-0.15, -0.1) is 0 Å². The van der Waals surface area contributed by atoms with E-state index >= 15 is 0 Å². The minimum absolute atomic E-state index is 0.0212. The van der Waals surface area contributed by atoms with E-state index < -0.39 is 17.6 Å². The van der Waals surface area contributed by atoms with Crippen LogP contribution >= 0.6 is 0 Å². The number of hydrogen-bond donors (Lipinski definition) is 2. The number of rotatable bonds is 6. The van der Waals surface area contributed by atoms with E-state index in [4.69, 9.17) is 4.74 Å². The van der Waals surface area contributed by atoms with Gasteiger partial charge < -0.3 is 20.1 Å². The molecule has 6 heteroatoms. The van der Waals surface area contributed by atoms with E-state index in [0.717, 1.165) is 5.56 Å². The van der Waals surface area contributed by atoms with Gasteiger partial charge in [-0.05, 0) is 17.4 Å². The van der Waals surface area contributed by atoms with Crippen LogP contribution < -0.4 is 10.6 Å². The Balaban J connectivity index is 2.06. The van der Waals surface area contributed by atoms with Gasteiger partial charge in [0, 0.05) is 0 Å². The third-order valence-corrected chi connectivity index (χ3v) is 4.01. The molecule has 2 rings (SSSR count). The van der Waals surface area contributed by atoms with Crippen LogP contribution in [-0.4, -0.2) is 43.9 Å². The Morgan fingerprint density at radius 1 is 1.25 bits per heavy atom. The first-order valence-electron chi connectivity index (χ1n) is 8.11. The van der Waals surface area contributed by atoms with E-state index in [-0.39, 0.29) is 18.1 Å². The predicted molar refractivity (Wildman–Crippen MR) is 90.6 cm³/mol. The first kappa shape index (κ1) is 18.3. The van der Waals surface area contributed by atoms with Crippen molar-refractivity contribution in [2.24, 2.45) is 5.41 Å². The molecule has 2 N–H and O–H groups in total. The van der Waals surface area contributed by atoms with Crippen molar-refractivity contribution in [1.82, 2.24) is 10.6 Å². The fourth-order valence-electron chi connectivity index (χ4n) is 2.55. The van der Waals surface area contributed by atoms with Gasteiger partial charge >= 0.3 is 6.09 Å². The zero-order valence-electron chi connectivity index (χ0n) is 14.7. The van der Waals surface area contributed by atoms with Crippen molar-refractivity contribution in [3.63, 3.8) is 0 Å². The van der Waals surface area contributed by atoms with Crippen molar-refractivity contribution < 1.29 is 19.1 Å². The van der Waals surface area contributed by atoms with Gasteiger partial charge in [0.05, 0.1) is 19.8 Å². The molecule has 1 fully saturated rings. The highest BCUT2D eigenvalue weighted by Gasteiger charge is 2.38. The number of carbonyl (C=O) groups excluding carboxylic acids is 2. The lowest BCUT2D eigenvalue weighted by Gasteiger charge is -2.31. The molecule has 0 radical (unpaired) electrons. The summed E-state index contributed by atoms with van der Waals surface area (Å²) in [4.78, 5) is 24.3. The molecule has 2 amide bonds. The zero-order valence-corrected chi connectivity index (χ0v) is 14.7. The standard InChI is InChI=1S/C18H26N2O4/c1-18(2,3)15(20-17(22)23-4)16(21)19-13(14-11-24-14)10-12-8-6-5-7-9-12/h5-9,13-15H,10-11H2,1-4H3,(H,19,21)(H,20,22). The Kier molecular flexibility index (Phi) is 5.83. The molecule has 0 spiro atoms. The Morgan fingerprint density at radius 2 is 1.88 bits per heavy atom. The second kappa shape index (κ2) is 7.66. The monoisotopic (exact) mass is 334 g/mol. The lowest BCUT2D eigenvalue weighted by molar-refractivity contribution is -0.126. The van der Waals surface area contributed by atoms with E-state index in [1.54, 1.807) is 0 Å². The molecule has 1 saturated heterocycles. The summed E-state index contributed by atoms with van der Waals surface area (Å²) in [6, 6.07) is 9.13. The van der Waals surface area contributed by atoms with Gasteiger partial charge in [-0.1, -0.05) is 51.1 Å². The van der Waals surface area contributed by atoms with Crippen LogP contribution in [0.15, 0.2) is 30.3 Å². The Morgan fingerprint density at radius 3 is 2.38 bits per heavy atom. The van der Waals surface area contributed by atoms with Crippen LogP contribution in [0.5, 0.6) is 0 Å². The minimum atomic E-state index is -0.693. The average Bonchev–Trinajstić information content (AvgIpc) is 3.36. The van der Waals surface area contributed by atoms with Gasteiger partial charge in [-0.3, -0.25) is 4.79 Å². The van der Waals surface area contributed by atoms with Crippen LogP contribution in [0.4, 0.5) is 4.79 Å². The van der Waals surface area contributed by atoms with E-state index in [0.29, 0.717) is 13.0 Å². The molecule has 0 aromatic heterocycles. The molecule has 0 bridgehead atoms. The number of benzene rings is 1. The molecule has 1 aliphatic heterocycles. The lowest BCUT2D eigenvalue weighted by Crippen LogP contribution is -2.56. The van der Waals surface area contributed by atoms with Crippen molar-refractivity contribution in [3.05, 3.63) is 35.9 Å².